The Labute approximate surface area is 106 Å². The Hall–Kier alpha value is -1.35. The van der Waals surface area contributed by atoms with Crippen molar-refractivity contribution < 1.29 is 17.4 Å². The lowest BCUT2D eigenvalue weighted by Crippen LogP contribution is -3.00. The molecule has 1 N–H and O–H groups in total. The minimum Gasteiger partial charge on any atom is -1.00 e. The van der Waals surface area contributed by atoms with E-state index in [4.69, 9.17) is 0 Å². The van der Waals surface area contributed by atoms with Crippen LogP contribution in [-0.2, 0) is 13.0 Å². The second-order valence-electron chi connectivity index (χ2n) is 4.38. The van der Waals surface area contributed by atoms with Crippen molar-refractivity contribution in [3.05, 3.63) is 40.4 Å². The smallest absolute Gasteiger partial charge is 0.345 e. The van der Waals surface area contributed by atoms with Crippen LogP contribution in [0.4, 0.5) is 0 Å². The Morgan fingerprint density at radius 1 is 1.12 bits per heavy atom. The van der Waals surface area contributed by atoms with Crippen LogP contribution in [0.5, 0.6) is 0 Å². The quantitative estimate of drug-likeness (QED) is 0.563. The number of halogens is 1. The highest BCUT2D eigenvalue weighted by Gasteiger charge is 2.19. The van der Waals surface area contributed by atoms with Crippen molar-refractivity contribution in [2.45, 2.75) is 32.2 Å². The van der Waals surface area contributed by atoms with Gasteiger partial charge in [-0.3, -0.25) is 0 Å². The molecule has 0 spiro atoms. The van der Waals surface area contributed by atoms with Crippen molar-refractivity contribution in [2.24, 2.45) is 0 Å². The highest BCUT2D eigenvalue weighted by atomic mass is 35.5. The Morgan fingerprint density at radius 3 is 2.82 bits per heavy atom. The fourth-order valence-corrected chi connectivity index (χ4v) is 2.44. The molecule has 0 saturated carbocycles. The minimum absolute atomic E-state index is 0. The van der Waals surface area contributed by atoms with E-state index in [0.717, 1.165) is 36.1 Å². The largest absolute Gasteiger partial charge is 1.00 e. The third-order valence-corrected chi connectivity index (χ3v) is 3.30. The summed E-state index contributed by atoms with van der Waals surface area (Å²) < 4.78 is 1.91. The van der Waals surface area contributed by atoms with Crippen LogP contribution in [-0.4, -0.2) is 4.57 Å². The van der Waals surface area contributed by atoms with Crippen molar-refractivity contribution in [3.8, 4) is 0 Å². The number of fused-ring (bicyclic) bond motifs is 2. The van der Waals surface area contributed by atoms with Gasteiger partial charge in [-0.05, 0) is 31.4 Å². The summed E-state index contributed by atoms with van der Waals surface area (Å²) in [5.74, 6) is 1.08. The molecule has 0 atom stereocenters. The molecule has 1 aliphatic heterocycles. The molecule has 4 heteroatoms. The van der Waals surface area contributed by atoms with Crippen molar-refractivity contribution >= 4 is 10.9 Å². The van der Waals surface area contributed by atoms with Gasteiger partial charge in [0.1, 0.15) is 10.9 Å². The molecule has 1 aliphatic rings. The number of aromatic nitrogens is 2. The number of benzene rings is 1. The number of rotatable bonds is 0. The Kier molecular flexibility index (Phi) is 3.48. The first-order valence-corrected chi connectivity index (χ1v) is 5.90. The van der Waals surface area contributed by atoms with E-state index in [1.165, 1.54) is 12.8 Å². The van der Waals surface area contributed by atoms with Gasteiger partial charge < -0.3 is 12.4 Å². The monoisotopic (exact) mass is 250 g/mol. The third-order valence-electron chi connectivity index (χ3n) is 3.30. The molecule has 90 valence electrons. The van der Waals surface area contributed by atoms with Gasteiger partial charge in [0, 0.05) is 6.42 Å². The van der Waals surface area contributed by atoms with E-state index in [2.05, 4.69) is 4.98 Å². The SMILES string of the molecule is O=c1c2ccccc2[nH+]c2n1CCCCC2.[Cl-]. The molecule has 1 aromatic carbocycles. The van der Waals surface area contributed by atoms with E-state index in [-0.39, 0.29) is 18.0 Å². The van der Waals surface area contributed by atoms with Crippen LogP contribution in [0.25, 0.3) is 10.9 Å². The summed E-state index contributed by atoms with van der Waals surface area (Å²) >= 11 is 0. The lowest BCUT2D eigenvalue weighted by atomic mass is 10.2. The zero-order valence-electron chi connectivity index (χ0n) is 9.58. The topological polar surface area (TPSA) is 36.1 Å². The van der Waals surface area contributed by atoms with Gasteiger partial charge in [0.2, 0.25) is 0 Å². The van der Waals surface area contributed by atoms with Crippen molar-refractivity contribution in [2.75, 3.05) is 0 Å². The zero-order chi connectivity index (χ0) is 11.0. The van der Waals surface area contributed by atoms with Crippen LogP contribution in [0, 0.1) is 0 Å². The number of para-hydroxylation sites is 1. The van der Waals surface area contributed by atoms with Crippen LogP contribution >= 0.6 is 0 Å². The van der Waals surface area contributed by atoms with E-state index < -0.39 is 0 Å². The fourth-order valence-electron chi connectivity index (χ4n) is 2.44. The van der Waals surface area contributed by atoms with Crippen LogP contribution < -0.4 is 23.0 Å². The van der Waals surface area contributed by atoms with E-state index in [9.17, 15) is 4.79 Å². The number of nitrogens with one attached hydrogen (secondary N) is 1. The highest BCUT2D eigenvalue weighted by molar-refractivity contribution is 5.73. The molecule has 0 fully saturated rings. The lowest BCUT2D eigenvalue weighted by Gasteiger charge is -2.02. The predicted molar refractivity (Wildman–Crippen MR) is 62.3 cm³/mol. The van der Waals surface area contributed by atoms with E-state index in [1.807, 2.05) is 28.8 Å². The molecular weight excluding hydrogens is 236 g/mol. The Morgan fingerprint density at radius 2 is 1.94 bits per heavy atom. The first-order valence-electron chi connectivity index (χ1n) is 5.90. The van der Waals surface area contributed by atoms with Crippen molar-refractivity contribution in [1.29, 1.82) is 0 Å². The highest BCUT2D eigenvalue weighted by Crippen LogP contribution is 2.11. The summed E-state index contributed by atoms with van der Waals surface area (Å²) in [4.78, 5) is 15.7. The molecule has 3 nitrogen and oxygen atoms in total. The summed E-state index contributed by atoms with van der Waals surface area (Å²) in [7, 11) is 0. The molecule has 0 unspecified atom stereocenters. The standard InChI is InChI=1S/C13H14N2O.ClH/c16-13-10-6-3-4-7-11(10)14-12-8-2-1-5-9-15(12)13;/h3-4,6-7H,1-2,5,8-9H2;1H. The van der Waals surface area contributed by atoms with Gasteiger partial charge >= 0.3 is 5.56 Å². The summed E-state index contributed by atoms with van der Waals surface area (Å²) in [6, 6.07) is 7.75. The second kappa shape index (κ2) is 4.88. The van der Waals surface area contributed by atoms with Gasteiger partial charge in [-0.1, -0.05) is 12.1 Å². The van der Waals surface area contributed by atoms with Gasteiger partial charge in [0.15, 0.2) is 0 Å². The molecule has 3 rings (SSSR count). The van der Waals surface area contributed by atoms with Crippen LogP contribution in [0.2, 0.25) is 0 Å². The number of aromatic amines is 1. The average Bonchev–Trinajstić information content (AvgIpc) is 2.55. The van der Waals surface area contributed by atoms with E-state index >= 15 is 0 Å². The summed E-state index contributed by atoms with van der Waals surface area (Å²) in [5, 5.41) is 0.799. The molecule has 17 heavy (non-hydrogen) atoms. The van der Waals surface area contributed by atoms with E-state index in [1.54, 1.807) is 0 Å². The van der Waals surface area contributed by atoms with E-state index in [0.29, 0.717) is 0 Å². The van der Waals surface area contributed by atoms with Gasteiger partial charge in [0.05, 0.1) is 6.54 Å². The first kappa shape index (κ1) is 12.1. The van der Waals surface area contributed by atoms with Gasteiger partial charge in [0.25, 0.3) is 5.82 Å². The van der Waals surface area contributed by atoms with Crippen LogP contribution in [0.3, 0.4) is 0 Å². The minimum atomic E-state index is 0. The van der Waals surface area contributed by atoms with Gasteiger partial charge in [-0.25, -0.2) is 9.78 Å². The lowest BCUT2D eigenvalue weighted by molar-refractivity contribution is -0.366. The van der Waals surface area contributed by atoms with Crippen molar-refractivity contribution in [3.63, 3.8) is 0 Å². The maximum absolute atomic E-state index is 12.3. The van der Waals surface area contributed by atoms with Gasteiger partial charge in [-0.15, -0.1) is 0 Å². The first-order chi connectivity index (χ1) is 7.86. The molecule has 0 bridgehead atoms. The number of aryl methyl sites for hydroxylation is 1. The van der Waals surface area contributed by atoms with Crippen LogP contribution in [0.1, 0.15) is 25.1 Å². The number of hydrogen-bond donors (Lipinski definition) is 0. The summed E-state index contributed by atoms with van der Waals surface area (Å²) in [6.45, 7) is 0.857. The maximum Gasteiger partial charge on any atom is 0.345 e. The molecule has 0 saturated heterocycles. The zero-order valence-corrected chi connectivity index (χ0v) is 10.3. The Balaban J connectivity index is 0.00000108. The summed E-state index contributed by atoms with van der Waals surface area (Å²) in [6.07, 6.45) is 4.48. The predicted octanol–water partition coefficient (Wildman–Crippen LogP) is -1.45. The third kappa shape index (κ3) is 2.07. The molecule has 1 aromatic heterocycles. The molecule has 0 aliphatic carbocycles. The molecule has 2 aromatic rings. The number of hydrogen-bond acceptors (Lipinski definition) is 1. The number of H-pyrrole nitrogens is 1. The molecule has 0 amide bonds. The normalized spacial score (nSPS) is 14.8. The fraction of sp³-hybridized carbons (Fsp3) is 0.385. The molecule has 2 heterocycles. The Bertz CT molecular complexity index is 591. The maximum atomic E-state index is 12.3. The molecule has 0 radical (unpaired) electrons. The van der Waals surface area contributed by atoms with Crippen LogP contribution in [0.15, 0.2) is 29.1 Å². The second-order valence-corrected chi connectivity index (χ2v) is 4.38. The summed E-state index contributed by atoms with van der Waals surface area (Å²) in [5.41, 5.74) is 1.12. The van der Waals surface area contributed by atoms with Gasteiger partial charge in [-0.2, -0.15) is 4.57 Å². The molecular formula is C13H15ClN2O. The van der Waals surface area contributed by atoms with Crippen molar-refractivity contribution in [1.82, 2.24) is 4.57 Å². The number of nitrogens with zero attached hydrogens (tertiary/aromatic N) is 1. The average molecular weight is 251 g/mol.